The number of nitrogens with zero attached hydrogens (tertiary/aromatic N) is 3. The van der Waals surface area contributed by atoms with Gasteiger partial charge < -0.3 is 0 Å². The standard InChI is InChI=1S/C21H24N4O3S3/c1-14-10-15(2)12-18(11-14)25(31(4,27)28)16(3)19(26)22-20-23-24-21(30-20)29-13-17-8-6-5-7-9-17/h5-12,16H,13H2,1-4H3,(H,22,23,26)/t16-/m1/s1. The van der Waals surface area contributed by atoms with Gasteiger partial charge in [0.1, 0.15) is 6.04 Å². The Balaban J connectivity index is 1.71. The van der Waals surface area contributed by atoms with Crippen molar-refractivity contribution in [3.05, 3.63) is 65.2 Å². The molecular formula is C21H24N4O3S3. The molecule has 1 aromatic heterocycles. The lowest BCUT2D eigenvalue weighted by Crippen LogP contribution is -2.45. The Morgan fingerprint density at radius 1 is 1.13 bits per heavy atom. The molecule has 0 radical (unpaired) electrons. The van der Waals surface area contributed by atoms with Gasteiger partial charge >= 0.3 is 0 Å². The molecule has 2 aromatic carbocycles. The number of hydrogen-bond acceptors (Lipinski definition) is 7. The molecule has 0 unspecified atom stereocenters. The average Bonchev–Trinajstić information content (AvgIpc) is 3.12. The maximum absolute atomic E-state index is 12.8. The number of aryl methyl sites for hydroxylation is 2. The van der Waals surface area contributed by atoms with Crippen LogP contribution in [0.3, 0.4) is 0 Å². The Kier molecular flexibility index (Phi) is 7.34. The zero-order valence-corrected chi connectivity index (χ0v) is 20.1. The smallest absolute Gasteiger partial charge is 0.249 e. The second-order valence-electron chi connectivity index (χ2n) is 7.22. The fraction of sp³-hybridized carbons (Fsp3) is 0.286. The van der Waals surface area contributed by atoms with E-state index in [4.69, 9.17) is 0 Å². The van der Waals surface area contributed by atoms with Gasteiger partial charge in [0.05, 0.1) is 11.9 Å². The number of hydrogen-bond donors (Lipinski definition) is 1. The topological polar surface area (TPSA) is 92.3 Å². The van der Waals surface area contributed by atoms with Crippen LogP contribution in [0.25, 0.3) is 0 Å². The minimum absolute atomic E-state index is 0.335. The summed E-state index contributed by atoms with van der Waals surface area (Å²) in [5, 5.41) is 11.2. The van der Waals surface area contributed by atoms with E-state index in [0.29, 0.717) is 10.8 Å². The summed E-state index contributed by atoms with van der Waals surface area (Å²) in [4.78, 5) is 12.8. The molecular weight excluding hydrogens is 452 g/mol. The summed E-state index contributed by atoms with van der Waals surface area (Å²) in [5.41, 5.74) is 3.46. The Morgan fingerprint density at radius 2 is 1.77 bits per heavy atom. The number of anilines is 2. The van der Waals surface area contributed by atoms with Crippen LogP contribution in [0, 0.1) is 13.8 Å². The normalized spacial score (nSPS) is 12.4. The van der Waals surface area contributed by atoms with E-state index in [1.165, 1.54) is 28.7 Å². The second kappa shape index (κ2) is 9.80. The van der Waals surface area contributed by atoms with E-state index in [1.54, 1.807) is 19.1 Å². The van der Waals surface area contributed by atoms with E-state index in [1.807, 2.05) is 50.2 Å². The largest absolute Gasteiger partial charge is 0.299 e. The molecule has 0 aliphatic heterocycles. The molecule has 1 heterocycles. The summed E-state index contributed by atoms with van der Waals surface area (Å²) in [6.45, 7) is 5.33. The van der Waals surface area contributed by atoms with E-state index in [0.717, 1.165) is 31.8 Å². The molecule has 1 N–H and O–H groups in total. The summed E-state index contributed by atoms with van der Waals surface area (Å²) in [6, 6.07) is 14.5. The molecule has 1 atom stereocenters. The molecule has 164 valence electrons. The zero-order valence-electron chi connectivity index (χ0n) is 17.7. The van der Waals surface area contributed by atoms with E-state index >= 15 is 0 Å². The lowest BCUT2D eigenvalue weighted by atomic mass is 10.1. The summed E-state index contributed by atoms with van der Waals surface area (Å²) < 4.78 is 26.8. The third kappa shape index (κ3) is 6.28. The predicted molar refractivity (Wildman–Crippen MR) is 127 cm³/mol. The molecule has 3 aromatic rings. The van der Waals surface area contributed by atoms with Gasteiger partial charge in [0.2, 0.25) is 21.1 Å². The fourth-order valence-electron chi connectivity index (χ4n) is 3.13. The molecule has 0 aliphatic carbocycles. The van der Waals surface area contributed by atoms with E-state index in [2.05, 4.69) is 15.5 Å². The first-order chi connectivity index (χ1) is 14.6. The quantitative estimate of drug-likeness (QED) is 0.386. The Morgan fingerprint density at radius 3 is 2.39 bits per heavy atom. The first-order valence-electron chi connectivity index (χ1n) is 9.52. The van der Waals surface area contributed by atoms with Gasteiger partial charge in [0.25, 0.3) is 0 Å². The number of carbonyl (C=O) groups is 1. The highest BCUT2D eigenvalue weighted by Gasteiger charge is 2.30. The zero-order chi connectivity index (χ0) is 22.6. The summed E-state index contributed by atoms with van der Waals surface area (Å²) in [7, 11) is -3.69. The van der Waals surface area contributed by atoms with Crippen molar-refractivity contribution in [1.29, 1.82) is 0 Å². The molecule has 0 bridgehead atoms. The van der Waals surface area contributed by atoms with Crippen LogP contribution in [-0.2, 0) is 20.6 Å². The van der Waals surface area contributed by atoms with Crippen molar-refractivity contribution in [2.24, 2.45) is 0 Å². The molecule has 3 rings (SSSR count). The molecule has 0 saturated heterocycles. The molecule has 31 heavy (non-hydrogen) atoms. The summed E-state index contributed by atoms with van der Waals surface area (Å²) in [5.74, 6) is 0.273. The summed E-state index contributed by atoms with van der Waals surface area (Å²) in [6.07, 6.45) is 1.09. The number of nitrogens with one attached hydrogen (secondary N) is 1. The van der Waals surface area contributed by atoms with Crippen LogP contribution in [0.2, 0.25) is 0 Å². The van der Waals surface area contributed by atoms with Crippen molar-refractivity contribution >= 4 is 49.8 Å². The minimum Gasteiger partial charge on any atom is -0.299 e. The van der Waals surface area contributed by atoms with E-state index in [9.17, 15) is 13.2 Å². The van der Waals surface area contributed by atoms with Gasteiger partial charge in [0.15, 0.2) is 4.34 Å². The summed E-state index contributed by atoms with van der Waals surface area (Å²) >= 11 is 2.79. The molecule has 0 aliphatic rings. The van der Waals surface area contributed by atoms with Gasteiger partial charge in [-0.3, -0.25) is 14.4 Å². The predicted octanol–water partition coefficient (Wildman–Crippen LogP) is 4.24. The minimum atomic E-state index is -3.69. The number of amides is 1. The van der Waals surface area contributed by atoms with Gasteiger partial charge in [-0.25, -0.2) is 8.42 Å². The van der Waals surface area contributed by atoms with Gasteiger partial charge in [-0.2, -0.15) is 0 Å². The van der Waals surface area contributed by atoms with Crippen molar-refractivity contribution in [2.75, 3.05) is 15.9 Å². The fourth-order valence-corrected chi connectivity index (χ4v) is 6.00. The number of aromatic nitrogens is 2. The number of thioether (sulfide) groups is 1. The SMILES string of the molecule is Cc1cc(C)cc(N([C@H](C)C(=O)Nc2nnc(SCc3ccccc3)s2)S(C)(=O)=O)c1. The Bertz CT molecular complexity index is 1140. The lowest BCUT2D eigenvalue weighted by Gasteiger charge is -2.28. The van der Waals surface area contributed by atoms with E-state index in [-0.39, 0.29) is 0 Å². The number of rotatable bonds is 8. The van der Waals surface area contributed by atoms with Crippen LogP contribution in [-0.4, -0.2) is 36.8 Å². The molecule has 0 spiro atoms. The lowest BCUT2D eigenvalue weighted by molar-refractivity contribution is -0.116. The van der Waals surface area contributed by atoms with Crippen LogP contribution in [0.1, 0.15) is 23.6 Å². The third-order valence-electron chi connectivity index (χ3n) is 4.39. The first-order valence-corrected chi connectivity index (χ1v) is 13.2. The Labute approximate surface area is 191 Å². The highest BCUT2D eigenvalue weighted by atomic mass is 32.2. The molecule has 10 heteroatoms. The van der Waals surface area contributed by atoms with Crippen molar-refractivity contribution in [3.8, 4) is 0 Å². The van der Waals surface area contributed by atoms with Crippen LogP contribution < -0.4 is 9.62 Å². The van der Waals surface area contributed by atoms with Gasteiger partial charge in [-0.15, -0.1) is 10.2 Å². The third-order valence-corrected chi connectivity index (χ3v) is 7.68. The van der Waals surface area contributed by atoms with Crippen molar-refractivity contribution < 1.29 is 13.2 Å². The average molecular weight is 477 g/mol. The molecule has 1 amide bonds. The van der Waals surface area contributed by atoms with Crippen molar-refractivity contribution in [2.45, 2.75) is 36.9 Å². The molecule has 7 nitrogen and oxygen atoms in total. The van der Waals surface area contributed by atoms with Crippen molar-refractivity contribution in [1.82, 2.24) is 10.2 Å². The number of sulfonamides is 1. The van der Waals surface area contributed by atoms with Crippen LogP contribution in [0.15, 0.2) is 52.9 Å². The van der Waals surface area contributed by atoms with Crippen LogP contribution >= 0.6 is 23.1 Å². The monoisotopic (exact) mass is 476 g/mol. The van der Waals surface area contributed by atoms with Crippen molar-refractivity contribution in [3.63, 3.8) is 0 Å². The number of benzene rings is 2. The first kappa shape index (κ1) is 23.2. The molecule has 0 fully saturated rings. The van der Waals surface area contributed by atoms with Gasteiger partial charge in [-0.1, -0.05) is 59.5 Å². The molecule has 0 saturated carbocycles. The highest BCUT2D eigenvalue weighted by molar-refractivity contribution is 8.00. The van der Waals surface area contributed by atoms with Crippen LogP contribution in [0.5, 0.6) is 0 Å². The van der Waals surface area contributed by atoms with E-state index < -0.39 is 22.0 Å². The van der Waals surface area contributed by atoms with Gasteiger partial charge in [-0.05, 0) is 49.6 Å². The number of carbonyl (C=O) groups excluding carboxylic acids is 1. The van der Waals surface area contributed by atoms with Crippen LogP contribution in [0.4, 0.5) is 10.8 Å². The highest BCUT2D eigenvalue weighted by Crippen LogP contribution is 2.29. The second-order valence-corrected chi connectivity index (χ2v) is 11.3. The maximum atomic E-state index is 12.8. The van der Waals surface area contributed by atoms with Gasteiger partial charge in [0, 0.05) is 5.75 Å². The maximum Gasteiger partial charge on any atom is 0.249 e. The Hall–Kier alpha value is -2.43.